The molecule has 1 aliphatic heterocycles. The summed E-state index contributed by atoms with van der Waals surface area (Å²) in [7, 11) is 1.68. The van der Waals surface area contributed by atoms with Gasteiger partial charge < -0.3 is 10.2 Å². The fourth-order valence-electron chi connectivity index (χ4n) is 2.97. The van der Waals surface area contributed by atoms with Crippen LogP contribution in [0.15, 0.2) is 48.5 Å². The van der Waals surface area contributed by atoms with Crippen LogP contribution >= 0.6 is 11.3 Å². The summed E-state index contributed by atoms with van der Waals surface area (Å²) in [5.74, 6) is 0. The number of carbonyl (C=O) groups excluding carboxylic acids is 1. The molecule has 0 saturated carbocycles. The maximum atomic E-state index is 12.7. The minimum absolute atomic E-state index is 0.210. The predicted molar refractivity (Wildman–Crippen MR) is 99.0 cm³/mol. The molecule has 0 bridgehead atoms. The molecule has 2 amide bonds. The largest absolute Gasteiger partial charge is 0.416 e. The van der Waals surface area contributed by atoms with Crippen LogP contribution in [0, 0.1) is 0 Å². The SMILES string of the molecule is CN1CC(Nc2ccc(C(F)(F)F)cc2)N(c2nc3ccccc3s2)C1=O. The molecule has 4 rings (SSSR count). The van der Waals surface area contributed by atoms with Crippen molar-refractivity contribution in [2.75, 3.05) is 23.8 Å². The van der Waals surface area contributed by atoms with E-state index >= 15 is 0 Å². The zero-order valence-electron chi connectivity index (χ0n) is 14.2. The van der Waals surface area contributed by atoms with Gasteiger partial charge in [0, 0.05) is 12.7 Å². The van der Waals surface area contributed by atoms with Crippen molar-refractivity contribution in [3.63, 3.8) is 0 Å². The van der Waals surface area contributed by atoms with Crippen molar-refractivity contribution >= 4 is 38.4 Å². The van der Waals surface area contributed by atoms with Crippen molar-refractivity contribution < 1.29 is 18.0 Å². The molecule has 1 aromatic heterocycles. The van der Waals surface area contributed by atoms with Gasteiger partial charge in [0.15, 0.2) is 5.13 Å². The van der Waals surface area contributed by atoms with Crippen molar-refractivity contribution in [2.24, 2.45) is 0 Å². The molecule has 27 heavy (non-hydrogen) atoms. The molecule has 1 N–H and O–H groups in total. The number of amides is 2. The molecule has 1 aliphatic rings. The maximum absolute atomic E-state index is 12.7. The van der Waals surface area contributed by atoms with Crippen molar-refractivity contribution in [3.05, 3.63) is 54.1 Å². The first-order valence-corrected chi connectivity index (χ1v) is 8.98. The second-order valence-electron chi connectivity index (χ2n) is 6.23. The Kier molecular flexibility index (Phi) is 4.18. The number of urea groups is 1. The molecular formula is C18H15F3N4OS. The number of anilines is 2. The van der Waals surface area contributed by atoms with Crippen LogP contribution in [0.4, 0.5) is 28.8 Å². The normalized spacial score (nSPS) is 17.8. The van der Waals surface area contributed by atoms with E-state index in [1.807, 2.05) is 24.3 Å². The third-order valence-electron chi connectivity index (χ3n) is 4.33. The van der Waals surface area contributed by atoms with Gasteiger partial charge in [-0.3, -0.25) is 0 Å². The van der Waals surface area contributed by atoms with E-state index in [9.17, 15) is 18.0 Å². The number of carbonyl (C=O) groups is 1. The molecule has 5 nitrogen and oxygen atoms in total. The fraction of sp³-hybridized carbons (Fsp3) is 0.222. The van der Waals surface area contributed by atoms with Crippen molar-refractivity contribution in [2.45, 2.75) is 12.3 Å². The van der Waals surface area contributed by atoms with E-state index in [2.05, 4.69) is 10.3 Å². The number of hydrogen-bond acceptors (Lipinski definition) is 4. The van der Waals surface area contributed by atoms with Crippen LogP contribution in [-0.4, -0.2) is 35.7 Å². The molecule has 3 aromatic rings. The topological polar surface area (TPSA) is 48.5 Å². The van der Waals surface area contributed by atoms with Gasteiger partial charge in [-0.05, 0) is 36.4 Å². The Balaban J connectivity index is 1.61. The minimum Gasteiger partial charge on any atom is -0.363 e. The molecule has 1 unspecified atom stereocenters. The first-order chi connectivity index (χ1) is 12.8. The summed E-state index contributed by atoms with van der Waals surface area (Å²) < 4.78 is 39.1. The number of nitrogens with zero attached hydrogens (tertiary/aromatic N) is 3. The van der Waals surface area contributed by atoms with Crippen molar-refractivity contribution in [1.29, 1.82) is 0 Å². The van der Waals surface area contributed by atoms with Crippen LogP contribution < -0.4 is 10.2 Å². The highest BCUT2D eigenvalue weighted by Crippen LogP contribution is 2.34. The van der Waals surface area contributed by atoms with Gasteiger partial charge in [0.05, 0.1) is 22.3 Å². The lowest BCUT2D eigenvalue weighted by Gasteiger charge is -2.22. The molecule has 2 aromatic carbocycles. The standard InChI is InChI=1S/C18H15F3N4OS/c1-24-10-15(22-12-8-6-11(7-9-12)18(19,20)21)25(17(24)26)16-23-13-4-2-3-5-14(13)27-16/h2-9,15,22H,10H2,1H3. The minimum atomic E-state index is -4.38. The average molecular weight is 392 g/mol. The Labute approximate surface area is 157 Å². The number of aromatic nitrogens is 1. The van der Waals surface area contributed by atoms with E-state index in [-0.39, 0.29) is 6.03 Å². The molecule has 9 heteroatoms. The molecule has 0 aliphatic carbocycles. The highest BCUT2D eigenvalue weighted by atomic mass is 32.1. The van der Waals surface area contributed by atoms with E-state index in [4.69, 9.17) is 0 Å². The molecule has 2 heterocycles. The number of nitrogens with one attached hydrogen (secondary N) is 1. The van der Waals surface area contributed by atoms with E-state index in [0.29, 0.717) is 17.4 Å². The Morgan fingerprint density at radius 3 is 2.52 bits per heavy atom. The Bertz CT molecular complexity index is 953. The fourth-order valence-corrected chi connectivity index (χ4v) is 3.98. The summed E-state index contributed by atoms with van der Waals surface area (Å²) in [5, 5.41) is 3.69. The molecule has 1 atom stereocenters. The predicted octanol–water partition coefficient (Wildman–Crippen LogP) is 4.63. The van der Waals surface area contributed by atoms with Gasteiger partial charge >= 0.3 is 12.2 Å². The van der Waals surface area contributed by atoms with Crippen LogP contribution in [0.1, 0.15) is 5.56 Å². The Hall–Kier alpha value is -2.81. The lowest BCUT2D eigenvalue weighted by Crippen LogP contribution is -2.39. The molecular weight excluding hydrogens is 377 g/mol. The third kappa shape index (κ3) is 3.30. The number of rotatable bonds is 3. The third-order valence-corrected chi connectivity index (χ3v) is 5.36. The Morgan fingerprint density at radius 2 is 1.85 bits per heavy atom. The van der Waals surface area contributed by atoms with E-state index < -0.39 is 17.9 Å². The number of benzene rings is 2. The molecule has 0 spiro atoms. The molecule has 1 fully saturated rings. The monoisotopic (exact) mass is 392 g/mol. The van der Waals surface area contributed by atoms with Gasteiger partial charge in [-0.25, -0.2) is 14.7 Å². The van der Waals surface area contributed by atoms with Gasteiger partial charge in [-0.15, -0.1) is 0 Å². The van der Waals surface area contributed by atoms with Gasteiger partial charge in [-0.2, -0.15) is 13.2 Å². The van der Waals surface area contributed by atoms with Crippen molar-refractivity contribution in [3.8, 4) is 0 Å². The lowest BCUT2D eigenvalue weighted by atomic mass is 10.2. The van der Waals surface area contributed by atoms with E-state index in [1.165, 1.54) is 23.5 Å². The van der Waals surface area contributed by atoms with Gasteiger partial charge in [0.25, 0.3) is 0 Å². The molecule has 140 valence electrons. The summed E-state index contributed by atoms with van der Waals surface area (Å²) in [6.45, 7) is 0.385. The maximum Gasteiger partial charge on any atom is 0.416 e. The van der Waals surface area contributed by atoms with Gasteiger partial charge in [0.1, 0.15) is 6.17 Å². The molecule has 1 saturated heterocycles. The van der Waals surface area contributed by atoms with E-state index in [0.717, 1.165) is 22.3 Å². The smallest absolute Gasteiger partial charge is 0.363 e. The van der Waals surface area contributed by atoms with Crippen molar-refractivity contribution in [1.82, 2.24) is 9.88 Å². The average Bonchev–Trinajstić information content (AvgIpc) is 3.15. The first kappa shape index (κ1) is 17.6. The van der Waals surface area contributed by atoms with Gasteiger partial charge in [0.2, 0.25) is 0 Å². The van der Waals surface area contributed by atoms with Gasteiger partial charge in [-0.1, -0.05) is 23.5 Å². The summed E-state index contributed by atoms with van der Waals surface area (Å²) in [6.07, 6.45) is -4.81. The quantitative estimate of drug-likeness (QED) is 0.707. The second-order valence-corrected chi connectivity index (χ2v) is 7.24. The molecule has 0 radical (unpaired) electrons. The highest BCUT2D eigenvalue weighted by molar-refractivity contribution is 7.22. The number of fused-ring (bicyclic) bond motifs is 1. The van der Waals surface area contributed by atoms with E-state index in [1.54, 1.807) is 16.8 Å². The number of hydrogen-bond donors (Lipinski definition) is 1. The number of halogens is 3. The number of para-hydroxylation sites is 1. The zero-order chi connectivity index (χ0) is 19.2. The van der Waals surface area contributed by atoms with Crippen LogP contribution in [0.25, 0.3) is 10.2 Å². The number of thiazole rings is 1. The summed E-state index contributed by atoms with van der Waals surface area (Å²) in [4.78, 5) is 20.2. The second kappa shape index (κ2) is 6.41. The number of likely N-dealkylation sites (N-methyl/N-ethyl adjacent to an activating group) is 1. The first-order valence-electron chi connectivity index (χ1n) is 8.16. The van der Waals surface area contributed by atoms with Crippen LogP contribution in [-0.2, 0) is 6.18 Å². The lowest BCUT2D eigenvalue weighted by molar-refractivity contribution is -0.137. The summed E-state index contributed by atoms with van der Waals surface area (Å²) >= 11 is 1.40. The zero-order valence-corrected chi connectivity index (χ0v) is 15.0. The summed E-state index contributed by atoms with van der Waals surface area (Å²) in [6, 6.07) is 12.1. The Morgan fingerprint density at radius 1 is 1.15 bits per heavy atom. The van der Waals surface area contributed by atoms with Crippen LogP contribution in [0.2, 0.25) is 0 Å². The van der Waals surface area contributed by atoms with Crippen LogP contribution in [0.5, 0.6) is 0 Å². The van der Waals surface area contributed by atoms with Crippen LogP contribution in [0.3, 0.4) is 0 Å². The summed E-state index contributed by atoms with van der Waals surface area (Å²) in [5.41, 5.74) is 0.589. The number of alkyl halides is 3. The highest BCUT2D eigenvalue weighted by Gasteiger charge is 2.38.